The van der Waals surface area contributed by atoms with E-state index >= 15 is 0 Å². The smallest absolute Gasteiger partial charge is 0.0702 e. The summed E-state index contributed by atoms with van der Waals surface area (Å²) in [5, 5.41) is 0. The van der Waals surface area contributed by atoms with Gasteiger partial charge >= 0.3 is 0 Å². The van der Waals surface area contributed by atoms with Gasteiger partial charge < -0.3 is 0 Å². The van der Waals surface area contributed by atoms with Gasteiger partial charge in [-0.2, -0.15) is 0 Å². The van der Waals surface area contributed by atoms with Crippen LogP contribution in [-0.4, -0.2) is 4.98 Å². The Balaban J connectivity index is 2.09. The maximum Gasteiger partial charge on any atom is 0.0702 e. The molecule has 1 aromatic heterocycles. The lowest BCUT2D eigenvalue weighted by molar-refractivity contribution is 1.32. The molecular weight excluding hydrogens is 250 g/mol. The second-order valence-corrected chi connectivity index (χ2v) is 4.79. The first-order chi connectivity index (χ1) is 9.34. The van der Waals surface area contributed by atoms with Crippen LogP contribution in [0.15, 0.2) is 77.8 Å². The minimum absolute atomic E-state index is 0.987. The van der Waals surface area contributed by atoms with Gasteiger partial charge in [0.05, 0.1) is 5.69 Å². The van der Waals surface area contributed by atoms with Crippen LogP contribution in [0.3, 0.4) is 0 Å². The van der Waals surface area contributed by atoms with Gasteiger partial charge in [-0.1, -0.05) is 42.5 Å². The summed E-state index contributed by atoms with van der Waals surface area (Å²) >= 11 is 4.52. The Labute approximate surface area is 118 Å². The average Bonchev–Trinajstić information content (AvgIpc) is 2.49. The number of thiol groups is 1. The first-order valence-corrected chi connectivity index (χ1v) is 6.59. The van der Waals surface area contributed by atoms with Crippen LogP contribution in [0.5, 0.6) is 0 Å². The molecule has 0 radical (unpaired) electrons. The van der Waals surface area contributed by atoms with Gasteiger partial charge in [0.1, 0.15) is 0 Å². The lowest BCUT2D eigenvalue weighted by Crippen LogP contribution is -1.84. The van der Waals surface area contributed by atoms with E-state index in [1.54, 1.807) is 0 Å². The van der Waals surface area contributed by atoms with E-state index in [0.29, 0.717) is 0 Å². The number of nitrogens with zero attached hydrogens (tertiary/aromatic N) is 1. The molecule has 0 N–H and O–H groups in total. The summed E-state index contributed by atoms with van der Waals surface area (Å²) in [7, 11) is 0. The molecule has 0 spiro atoms. The molecule has 0 aliphatic carbocycles. The van der Waals surface area contributed by atoms with Gasteiger partial charge in [0.15, 0.2) is 0 Å². The third-order valence-electron chi connectivity index (χ3n) is 3.04. The van der Waals surface area contributed by atoms with E-state index in [1.165, 1.54) is 0 Å². The van der Waals surface area contributed by atoms with Crippen LogP contribution in [0.2, 0.25) is 0 Å². The van der Waals surface area contributed by atoms with Gasteiger partial charge in [0.25, 0.3) is 0 Å². The molecule has 3 rings (SSSR count). The molecule has 0 bridgehead atoms. The zero-order valence-electron chi connectivity index (χ0n) is 10.3. The molecule has 2 heteroatoms. The molecule has 0 aliphatic rings. The quantitative estimate of drug-likeness (QED) is 0.661. The Morgan fingerprint density at radius 3 is 2.32 bits per heavy atom. The van der Waals surface area contributed by atoms with Crippen LogP contribution in [0.1, 0.15) is 0 Å². The fraction of sp³-hybridized carbons (Fsp3) is 0. The number of aromatic nitrogens is 1. The van der Waals surface area contributed by atoms with Crippen LogP contribution >= 0.6 is 12.6 Å². The van der Waals surface area contributed by atoms with E-state index in [2.05, 4.69) is 47.9 Å². The number of rotatable bonds is 2. The molecule has 3 aromatic rings. The minimum Gasteiger partial charge on any atom is -0.256 e. The second kappa shape index (κ2) is 5.29. The van der Waals surface area contributed by atoms with E-state index in [1.807, 2.05) is 42.6 Å². The zero-order chi connectivity index (χ0) is 13.1. The van der Waals surface area contributed by atoms with Crippen molar-refractivity contribution < 1.29 is 0 Å². The van der Waals surface area contributed by atoms with E-state index in [0.717, 1.165) is 27.3 Å². The van der Waals surface area contributed by atoms with Crippen molar-refractivity contribution >= 4 is 12.6 Å². The van der Waals surface area contributed by atoms with Gasteiger partial charge in [-0.3, -0.25) is 4.98 Å². The van der Waals surface area contributed by atoms with Crippen molar-refractivity contribution in [2.75, 3.05) is 0 Å². The summed E-state index contributed by atoms with van der Waals surface area (Å²) < 4.78 is 0. The molecule has 0 atom stereocenters. The highest BCUT2D eigenvalue weighted by Crippen LogP contribution is 2.29. The highest BCUT2D eigenvalue weighted by atomic mass is 32.1. The molecule has 1 heterocycles. The van der Waals surface area contributed by atoms with Crippen LogP contribution < -0.4 is 0 Å². The first-order valence-electron chi connectivity index (χ1n) is 6.14. The molecule has 0 aliphatic heterocycles. The standard InChI is InChI=1S/C17H13NS/c19-17-10-2-1-8-15(17)13-6-5-7-14(12-13)16-9-3-4-11-18-16/h1-12,19H. The van der Waals surface area contributed by atoms with E-state index in [-0.39, 0.29) is 0 Å². The predicted octanol–water partition coefficient (Wildman–Crippen LogP) is 4.70. The number of hydrogen-bond acceptors (Lipinski definition) is 2. The van der Waals surface area contributed by atoms with Gasteiger partial charge in [-0.15, -0.1) is 12.6 Å². The van der Waals surface area contributed by atoms with Crippen molar-refractivity contribution in [3.8, 4) is 22.4 Å². The lowest BCUT2D eigenvalue weighted by Gasteiger charge is -2.07. The molecule has 0 saturated heterocycles. The molecule has 2 aromatic carbocycles. The summed E-state index contributed by atoms with van der Waals surface area (Å²) in [5.74, 6) is 0. The summed E-state index contributed by atoms with van der Waals surface area (Å²) in [4.78, 5) is 5.37. The Morgan fingerprint density at radius 1 is 0.737 bits per heavy atom. The molecule has 1 nitrogen and oxygen atoms in total. The van der Waals surface area contributed by atoms with Crippen molar-refractivity contribution in [1.82, 2.24) is 4.98 Å². The Bertz CT molecular complexity index is 692. The summed E-state index contributed by atoms with van der Waals surface area (Å²) in [6, 6.07) is 22.4. The number of pyridine rings is 1. The maximum atomic E-state index is 4.52. The molecule has 92 valence electrons. The Kier molecular flexibility index (Phi) is 3.34. The lowest BCUT2D eigenvalue weighted by atomic mass is 10.0. The predicted molar refractivity (Wildman–Crippen MR) is 82.4 cm³/mol. The summed E-state index contributed by atoms with van der Waals surface area (Å²) in [6.07, 6.45) is 1.81. The SMILES string of the molecule is Sc1ccccc1-c1cccc(-c2ccccn2)c1. The maximum absolute atomic E-state index is 4.52. The number of hydrogen-bond donors (Lipinski definition) is 1. The molecular formula is C17H13NS. The van der Waals surface area contributed by atoms with Crippen molar-refractivity contribution in [3.05, 3.63) is 72.9 Å². The fourth-order valence-electron chi connectivity index (χ4n) is 2.10. The molecule has 0 amide bonds. The number of benzene rings is 2. The normalized spacial score (nSPS) is 10.4. The second-order valence-electron chi connectivity index (χ2n) is 4.31. The van der Waals surface area contributed by atoms with Crippen molar-refractivity contribution in [2.45, 2.75) is 4.90 Å². The van der Waals surface area contributed by atoms with Gasteiger partial charge in [0.2, 0.25) is 0 Å². The summed E-state index contributed by atoms with van der Waals surface area (Å²) in [6.45, 7) is 0. The van der Waals surface area contributed by atoms with Crippen LogP contribution in [-0.2, 0) is 0 Å². The van der Waals surface area contributed by atoms with Crippen LogP contribution in [0.25, 0.3) is 22.4 Å². The van der Waals surface area contributed by atoms with E-state index < -0.39 is 0 Å². The topological polar surface area (TPSA) is 12.9 Å². The summed E-state index contributed by atoms with van der Waals surface area (Å²) in [5.41, 5.74) is 4.41. The molecule has 0 saturated carbocycles. The van der Waals surface area contributed by atoms with Crippen LogP contribution in [0, 0.1) is 0 Å². The van der Waals surface area contributed by atoms with Gasteiger partial charge in [-0.05, 0) is 35.4 Å². The first kappa shape index (κ1) is 12.0. The molecule has 0 unspecified atom stereocenters. The third-order valence-corrected chi connectivity index (χ3v) is 3.43. The van der Waals surface area contributed by atoms with E-state index in [4.69, 9.17) is 0 Å². The minimum atomic E-state index is 0.987. The van der Waals surface area contributed by atoms with Crippen molar-refractivity contribution in [1.29, 1.82) is 0 Å². The monoisotopic (exact) mass is 263 g/mol. The van der Waals surface area contributed by atoms with Gasteiger partial charge in [0, 0.05) is 16.7 Å². The van der Waals surface area contributed by atoms with Crippen molar-refractivity contribution in [2.24, 2.45) is 0 Å². The highest BCUT2D eigenvalue weighted by Gasteiger charge is 2.04. The fourth-order valence-corrected chi connectivity index (χ4v) is 2.39. The average molecular weight is 263 g/mol. The van der Waals surface area contributed by atoms with Crippen LogP contribution in [0.4, 0.5) is 0 Å². The largest absolute Gasteiger partial charge is 0.256 e. The molecule has 0 fully saturated rings. The van der Waals surface area contributed by atoms with Crippen molar-refractivity contribution in [3.63, 3.8) is 0 Å². The Hall–Kier alpha value is -2.06. The van der Waals surface area contributed by atoms with E-state index in [9.17, 15) is 0 Å². The Morgan fingerprint density at radius 2 is 1.53 bits per heavy atom. The zero-order valence-corrected chi connectivity index (χ0v) is 11.2. The molecule has 19 heavy (non-hydrogen) atoms. The van der Waals surface area contributed by atoms with Gasteiger partial charge in [-0.25, -0.2) is 0 Å². The highest BCUT2D eigenvalue weighted by molar-refractivity contribution is 7.80. The third kappa shape index (κ3) is 2.54.